The fraction of sp³-hybridized carbons (Fsp3) is 1.00. The van der Waals surface area contributed by atoms with E-state index in [1.165, 1.54) is 0 Å². The van der Waals surface area contributed by atoms with Crippen LogP contribution in [0.5, 0.6) is 0 Å². The monoisotopic (exact) mass is 175 g/mol. The van der Waals surface area contributed by atoms with Gasteiger partial charge in [-0.05, 0) is 30.7 Å². The molecule has 2 atom stereocenters. The van der Waals surface area contributed by atoms with Gasteiger partial charge in [0.2, 0.25) is 0 Å². The molecule has 0 aromatic rings. The Hall–Kier alpha value is -0.0900. The van der Waals surface area contributed by atoms with Gasteiger partial charge in [0.25, 0.3) is 0 Å². The van der Waals surface area contributed by atoms with Crippen molar-refractivity contribution >= 4 is 9.84 Å². The zero-order valence-electron chi connectivity index (χ0n) is 6.36. The van der Waals surface area contributed by atoms with Crippen LogP contribution in [0.2, 0.25) is 0 Å². The fourth-order valence-electron chi connectivity index (χ4n) is 2.29. The van der Waals surface area contributed by atoms with Crippen LogP contribution in [0, 0.1) is 17.8 Å². The highest BCUT2D eigenvalue weighted by atomic mass is 32.2. The van der Waals surface area contributed by atoms with Gasteiger partial charge in [0.1, 0.15) is 0 Å². The summed E-state index contributed by atoms with van der Waals surface area (Å²) in [6.07, 6.45) is 1.02. The molecule has 0 radical (unpaired) electrons. The highest BCUT2D eigenvalue weighted by molar-refractivity contribution is 7.91. The second-order valence-corrected chi connectivity index (χ2v) is 5.80. The van der Waals surface area contributed by atoms with E-state index in [0.29, 0.717) is 35.8 Å². The van der Waals surface area contributed by atoms with Gasteiger partial charge >= 0.3 is 0 Å². The Morgan fingerprint density at radius 3 is 2.27 bits per heavy atom. The van der Waals surface area contributed by atoms with Crippen molar-refractivity contribution in [1.29, 1.82) is 0 Å². The summed E-state index contributed by atoms with van der Waals surface area (Å²) >= 11 is 0. The number of nitrogens with two attached hydrogens (primary N) is 1. The summed E-state index contributed by atoms with van der Waals surface area (Å²) in [6, 6.07) is 0. The van der Waals surface area contributed by atoms with Crippen LogP contribution in [0.3, 0.4) is 0 Å². The lowest BCUT2D eigenvalue weighted by Gasteiger charge is -2.00. The van der Waals surface area contributed by atoms with Crippen LogP contribution in [-0.2, 0) is 9.84 Å². The van der Waals surface area contributed by atoms with Crippen molar-refractivity contribution in [3.05, 3.63) is 0 Å². The number of hydrogen-bond acceptors (Lipinski definition) is 3. The minimum Gasteiger partial charge on any atom is -0.330 e. The number of fused-ring (bicyclic) bond motifs is 1. The van der Waals surface area contributed by atoms with Crippen LogP contribution in [0.1, 0.15) is 6.42 Å². The molecule has 1 saturated carbocycles. The topological polar surface area (TPSA) is 60.2 Å². The molecule has 0 bridgehead atoms. The number of rotatable bonds is 2. The predicted octanol–water partition coefficient (Wildman–Crippen LogP) is -0.374. The Labute approximate surface area is 66.9 Å². The summed E-state index contributed by atoms with van der Waals surface area (Å²) in [7, 11) is -2.64. The molecule has 1 aliphatic heterocycles. The van der Waals surface area contributed by atoms with Crippen molar-refractivity contribution in [2.45, 2.75) is 6.42 Å². The summed E-state index contributed by atoms with van der Waals surface area (Å²) in [6.45, 7) is 0.706. The Kier molecular flexibility index (Phi) is 1.51. The molecule has 64 valence electrons. The van der Waals surface area contributed by atoms with Crippen molar-refractivity contribution < 1.29 is 8.42 Å². The van der Waals surface area contributed by atoms with E-state index in [0.717, 1.165) is 6.42 Å². The molecule has 2 unspecified atom stereocenters. The molecule has 11 heavy (non-hydrogen) atoms. The second kappa shape index (κ2) is 2.20. The average molecular weight is 175 g/mol. The molecule has 0 aromatic heterocycles. The first kappa shape index (κ1) is 7.55. The molecule has 0 aromatic carbocycles. The third kappa shape index (κ3) is 1.18. The number of hydrogen-bond donors (Lipinski definition) is 1. The van der Waals surface area contributed by atoms with Gasteiger partial charge in [0.05, 0.1) is 11.5 Å². The van der Waals surface area contributed by atoms with E-state index < -0.39 is 9.84 Å². The third-order valence-corrected chi connectivity index (χ3v) is 4.69. The van der Waals surface area contributed by atoms with E-state index in [4.69, 9.17) is 5.73 Å². The maximum atomic E-state index is 11.0. The molecule has 1 aliphatic carbocycles. The normalized spacial score (nSPS) is 45.4. The van der Waals surface area contributed by atoms with Gasteiger partial charge in [0, 0.05) is 0 Å². The van der Waals surface area contributed by atoms with Crippen molar-refractivity contribution in [3.63, 3.8) is 0 Å². The van der Waals surface area contributed by atoms with Crippen molar-refractivity contribution in [2.75, 3.05) is 18.1 Å². The van der Waals surface area contributed by atoms with E-state index >= 15 is 0 Å². The standard InChI is InChI=1S/C7H13NO2S/c8-2-1-5-6-3-11(9,10)4-7(5)6/h5-7H,1-4,8H2. The molecule has 2 N–H and O–H groups in total. The van der Waals surface area contributed by atoms with Crippen LogP contribution >= 0.6 is 0 Å². The lowest BCUT2D eigenvalue weighted by Crippen LogP contribution is -2.11. The molecular formula is C7H13NO2S. The first-order chi connectivity index (χ1) is 5.14. The minimum atomic E-state index is -2.64. The van der Waals surface area contributed by atoms with Gasteiger partial charge in [-0.2, -0.15) is 0 Å². The van der Waals surface area contributed by atoms with Crippen LogP contribution in [-0.4, -0.2) is 26.5 Å². The van der Waals surface area contributed by atoms with Gasteiger partial charge < -0.3 is 5.73 Å². The molecule has 4 heteroatoms. The summed E-state index contributed by atoms with van der Waals surface area (Å²) < 4.78 is 22.0. The maximum Gasteiger partial charge on any atom is 0.150 e. The van der Waals surface area contributed by atoms with E-state index in [1.807, 2.05) is 0 Å². The quantitative estimate of drug-likeness (QED) is 0.622. The van der Waals surface area contributed by atoms with Crippen LogP contribution in [0.15, 0.2) is 0 Å². The zero-order valence-corrected chi connectivity index (χ0v) is 7.18. The highest BCUT2D eigenvalue weighted by Crippen LogP contribution is 2.54. The Morgan fingerprint density at radius 1 is 1.27 bits per heavy atom. The lowest BCUT2D eigenvalue weighted by molar-refractivity contribution is 0.582. The largest absolute Gasteiger partial charge is 0.330 e. The molecular weight excluding hydrogens is 162 g/mol. The van der Waals surface area contributed by atoms with Gasteiger partial charge in [-0.3, -0.25) is 0 Å². The summed E-state index contributed by atoms with van der Waals surface area (Å²) in [5, 5.41) is 0. The SMILES string of the molecule is NCCC1C2CS(=O)(=O)CC12. The molecule has 0 amide bonds. The maximum absolute atomic E-state index is 11.0. The number of sulfone groups is 1. The minimum absolute atomic E-state index is 0.433. The predicted molar refractivity (Wildman–Crippen MR) is 42.8 cm³/mol. The molecule has 2 aliphatic rings. The first-order valence-corrected chi connectivity index (χ1v) is 5.87. The molecule has 0 spiro atoms. The molecule has 2 fully saturated rings. The van der Waals surface area contributed by atoms with Crippen molar-refractivity contribution in [2.24, 2.45) is 23.5 Å². The summed E-state index contributed by atoms with van der Waals surface area (Å²) in [5.74, 6) is 2.46. The van der Waals surface area contributed by atoms with Gasteiger partial charge in [-0.1, -0.05) is 0 Å². The third-order valence-electron chi connectivity index (χ3n) is 2.90. The summed E-state index contributed by atoms with van der Waals surface area (Å²) in [4.78, 5) is 0. The Morgan fingerprint density at radius 2 is 1.82 bits per heavy atom. The Bertz CT molecular complexity index is 242. The zero-order chi connectivity index (χ0) is 8.06. The lowest BCUT2D eigenvalue weighted by atomic mass is 10.2. The molecule has 1 saturated heterocycles. The van der Waals surface area contributed by atoms with Crippen LogP contribution in [0.4, 0.5) is 0 Å². The van der Waals surface area contributed by atoms with Gasteiger partial charge in [-0.25, -0.2) is 8.42 Å². The Balaban J connectivity index is 1.96. The van der Waals surface area contributed by atoms with E-state index in [2.05, 4.69) is 0 Å². The van der Waals surface area contributed by atoms with Gasteiger partial charge in [0.15, 0.2) is 9.84 Å². The van der Waals surface area contributed by atoms with Crippen molar-refractivity contribution in [1.82, 2.24) is 0 Å². The van der Waals surface area contributed by atoms with Crippen LogP contribution in [0.25, 0.3) is 0 Å². The second-order valence-electron chi connectivity index (χ2n) is 3.65. The van der Waals surface area contributed by atoms with E-state index in [9.17, 15) is 8.42 Å². The average Bonchev–Trinajstić information content (AvgIpc) is 2.42. The van der Waals surface area contributed by atoms with E-state index in [-0.39, 0.29) is 0 Å². The highest BCUT2D eigenvalue weighted by Gasteiger charge is 2.57. The van der Waals surface area contributed by atoms with Gasteiger partial charge in [-0.15, -0.1) is 0 Å². The molecule has 1 heterocycles. The first-order valence-electron chi connectivity index (χ1n) is 4.04. The van der Waals surface area contributed by atoms with Crippen molar-refractivity contribution in [3.8, 4) is 0 Å². The molecule has 3 nitrogen and oxygen atoms in total. The fourth-order valence-corrected chi connectivity index (χ4v) is 4.59. The van der Waals surface area contributed by atoms with E-state index in [1.54, 1.807) is 0 Å². The van der Waals surface area contributed by atoms with Crippen LogP contribution < -0.4 is 5.73 Å². The molecule has 2 rings (SSSR count). The smallest absolute Gasteiger partial charge is 0.150 e. The summed E-state index contributed by atoms with van der Waals surface area (Å²) in [5.41, 5.74) is 5.39.